The standard InChI is InChI=1S/C20H27N3O2/c1-4-21-15-16-8-7-9-17(14-16)22-20(24)18-10-5-6-11-19(18)25-13-12-23(2)3/h5-11,14,21H,4,12-13,15H2,1-3H3,(H,22,24). The van der Waals surface area contributed by atoms with Gasteiger partial charge in [-0.2, -0.15) is 0 Å². The summed E-state index contributed by atoms with van der Waals surface area (Å²) in [7, 11) is 3.98. The largest absolute Gasteiger partial charge is 0.491 e. The van der Waals surface area contributed by atoms with Crippen molar-refractivity contribution in [2.75, 3.05) is 39.1 Å². The maximum absolute atomic E-state index is 12.6. The van der Waals surface area contributed by atoms with Gasteiger partial charge in [0.15, 0.2) is 0 Å². The lowest BCUT2D eigenvalue weighted by Gasteiger charge is -2.14. The number of para-hydroxylation sites is 1. The van der Waals surface area contributed by atoms with Crippen LogP contribution >= 0.6 is 0 Å². The summed E-state index contributed by atoms with van der Waals surface area (Å²) in [4.78, 5) is 14.7. The van der Waals surface area contributed by atoms with Crippen molar-refractivity contribution in [2.45, 2.75) is 13.5 Å². The summed E-state index contributed by atoms with van der Waals surface area (Å²) in [6.07, 6.45) is 0. The first-order chi connectivity index (χ1) is 12.1. The number of nitrogens with one attached hydrogen (secondary N) is 2. The van der Waals surface area contributed by atoms with Gasteiger partial charge in [-0.15, -0.1) is 0 Å². The Morgan fingerprint density at radius 3 is 2.68 bits per heavy atom. The molecule has 2 N–H and O–H groups in total. The van der Waals surface area contributed by atoms with Crippen LogP contribution < -0.4 is 15.4 Å². The highest BCUT2D eigenvalue weighted by molar-refractivity contribution is 6.06. The number of amides is 1. The summed E-state index contributed by atoms with van der Waals surface area (Å²) in [6, 6.07) is 15.2. The average Bonchev–Trinajstić information content (AvgIpc) is 2.60. The molecule has 2 aromatic rings. The van der Waals surface area contributed by atoms with Gasteiger partial charge in [0.2, 0.25) is 0 Å². The molecule has 0 bridgehead atoms. The molecule has 0 saturated heterocycles. The zero-order chi connectivity index (χ0) is 18.1. The number of ether oxygens (including phenoxy) is 1. The van der Waals surface area contributed by atoms with Gasteiger partial charge in [-0.3, -0.25) is 4.79 Å². The molecule has 0 saturated carbocycles. The molecule has 0 spiro atoms. The molecule has 25 heavy (non-hydrogen) atoms. The van der Waals surface area contributed by atoms with E-state index in [-0.39, 0.29) is 5.91 Å². The van der Waals surface area contributed by atoms with Crippen LogP contribution in [0.2, 0.25) is 0 Å². The SMILES string of the molecule is CCNCc1cccc(NC(=O)c2ccccc2OCCN(C)C)c1. The summed E-state index contributed by atoms with van der Waals surface area (Å²) in [5.41, 5.74) is 2.46. The van der Waals surface area contributed by atoms with E-state index in [0.29, 0.717) is 17.9 Å². The zero-order valence-electron chi connectivity index (χ0n) is 15.2. The van der Waals surface area contributed by atoms with Crippen LogP contribution in [-0.2, 0) is 6.54 Å². The number of rotatable bonds is 9. The third-order valence-corrected chi connectivity index (χ3v) is 3.69. The van der Waals surface area contributed by atoms with E-state index in [1.807, 2.05) is 61.5 Å². The third-order valence-electron chi connectivity index (χ3n) is 3.69. The van der Waals surface area contributed by atoms with Crippen molar-refractivity contribution >= 4 is 11.6 Å². The van der Waals surface area contributed by atoms with Crippen LogP contribution in [0.15, 0.2) is 48.5 Å². The van der Waals surface area contributed by atoms with Crippen LogP contribution in [0.1, 0.15) is 22.8 Å². The van der Waals surface area contributed by atoms with Gasteiger partial charge >= 0.3 is 0 Å². The Morgan fingerprint density at radius 1 is 1.12 bits per heavy atom. The molecular formula is C20H27N3O2. The molecule has 0 fully saturated rings. The second kappa shape index (κ2) is 9.81. The van der Waals surface area contributed by atoms with Crippen molar-refractivity contribution in [3.05, 3.63) is 59.7 Å². The second-order valence-electron chi connectivity index (χ2n) is 6.08. The molecule has 0 aliphatic heterocycles. The molecule has 2 rings (SSSR count). The molecule has 134 valence electrons. The van der Waals surface area contributed by atoms with E-state index in [2.05, 4.69) is 17.6 Å². The number of hydrogen-bond donors (Lipinski definition) is 2. The van der Waals surface area contributed by atoms with Crippen molar-refractivity contribution in [3.8, 4) is 5.75 Å². The maximum Gasteiger partial charge on any atom is 0.259 e. The number of anilines is 1. The van der Waals surface area contributed by atoms with E-state index in [0.717, 1.165) is 30.9 Å². The molecule has 0 radical (unpaired) electrons. The lowest BCUT2D eigenvalue weighted by molar-refractivity contribution is 0.102. The van der Waals surface area contributed by atoms with Crippen LogP contribution in [0.5, 0.6) is 5.75 Å². The molecular weight excluding hydrogens is 314 g/mol. The third kappa shape index (κ3) is 6.21. The number of carbonyl (C=O) groups excluding carboxylic acids is 1. The summed E-state index contributed by atoms with van der Waals surface area (Å²) >= 11 is 0. The van der Waals surface area contributed by atoms with E-state index in [1.54, 1.807) is 6.07 Å². The van der Waals surface area contributed by atoms with Crippen LogP contribution in [0.25, 0.3) is 0 Å². The van der Waals surface area contributed by atoms with Crippen molar-refractivity contribution in [2.24, 2.45) is 0 Å². The normalized spacial score (nSPS) is 10.7. The first-order valence-electron chi connectivity index (χ1n) is 8.57. The van der Waals surface area contributed by atoms with Crippen LogP contribution in [-0.4, -0.2) is 44.6 Å². The summed E-state index contributed by atoms with van der Waals surface area (Å²) < 4.78 is 5.77. The highest BCUT2D eigenvalue weighted by Gasteiger charge is 2.12. The quantitative estimate of drug-likeness (QED) is 0.736. The van der Waals surface area contributed by atoms with Crippen molar-refractivity contribution in [1.82, 2.24) is 10.2 Å². The van der Waals surface area contributed by atoms with E-state index in [9.17, 15) is 4.79 Å². The fraction of sp³-hybridized carbons (Fsp3) is 0.350. The first kappa shape index (κ1) is 19.0. The van der Waals surface area contributed by atoms with Gasteiger partial charge in [0.05, 0.1) is 5.56 Å². The maximum atomic E-state index is 12.6. The highest BCUT2D eigenvalue weighted by Crippen LogP contribution is 2.20. The number of hydrogen-bond acceptors (Lipinski definition) is 4. The van der Waals surface area contributed by atoms with Gasteiger partial charge in [-0.05, 0) is 50.5 Å². The van der Waals surface area contributed by atoms with Crippen molar-refractivity contribution in [1.29, 1.82) is 0 Å². The molecule has 1 amide bonds. The minimum atomic E-state index is -0.166. The Hall–Kier alpha value is -2.37. The van der Waals surface area contributed by atoms with Gasteiger partial charge < -0.3 is 20.3 Å². The van der Waals surface area contributed by atoms with Crippen LogP contribution in [0.4, 0.5) is 5.69 Å². The fourth-order valence-electron chi connectivity index (χ4n) is 2.35. The molecule has 0 aromatic heterocycles. The molecule has 0 aliphatic rings. The Labute approximate surface area is 150 Å². The molecule has 5 nitrogen and oxygen atoms in total. The van der Waals surface area contributed by atoms with Crippen molar-refractivity contribution in [3.63, 3.8) is 0 Å². The number of carbonyl (C=O) groups is 1. The van der Waals surface area contributed by atoms with E-state index < -0.39 is 0 Å². The monoisotopic (exact) mass is 341 g/mol. The van der Waals surface area contributed by atoms with E-state index in [1.165, 1.54) is 0 Å². The van der Waals surface area contributed by atoms with Gasteiger partial charge in [-0.25, -0.2) is 0 Å². The van der Waals surface area contributed by atoms with Gasteiger partial charge in [-0.1, -0.05) is 31.2 Å². The van der Waals surface area contributed by atoms with Crippen LogP contribution in [0, 0.1) is 0 Å². The molecule has 0 atom stereocenters. The Bertz CT molecular complexity index is 686. The van der Waals surface area contributed by atoms with Gasteiger partial charge in [0.25, 0.3) is 5.91 Å². The minimum Gasteiger partial charge on any atom is -0.491 e. The minimum absolute atomic E-state index is 0.166. The number of likely N-dealkylation sites (N-methyl/N-ethyl adjacent to an activating group) is 1. The molecule has 0 aliphatic carbocycles. The Kier molecular flexibility index (Phi) is 7.44. The lowest BCUT2D eigenvalue weighted by atomic mass is 10.1. The number of nitrogens with zero attached hydrogens (tertiary/aromatic N) is 1. The summed E-state index contributed by atoms with van der Waals surface area (Å²) in [6.45, 7) is 5.09. The van der Waals surface area contributed by atoms with Gasteiger partial charge in [0, 0.05) is 18.8 Å². The van der Waals surface area contributed by atoms with Gasteiger partial charge in [0.1, 0.15) is 12.4 Å². The Balaban J connectivity index is 2.05. The van der Waals surface area contributed by atoms with E-state index >= 15 is 0 Å². The zero-order valence-corrected chi connectivity index (χ0v) is 15.2. The fourth-order valence-corrected chi connectivity index (χ4v) is 2.35. The smallest absolute Gasteiger partial charge is 0.259 e. The molecule has 2 aromatic carbocycles. The topological polar surface area (TPSA) is 53.6 Å². The second-order valence-corrected chi connectivity index (χ2v) is 6.08. The predicted octanol–water partition coefficient (Wildman–Crippen LogP) is 2.99. The molecule has 0 heterocycles. The highest BCUT2D eigenvalue weighted by atomic mass is 16.5. The number of benzene rings is 2. The predicted molar refractivity (Wildman–Crippen MR) is 102 cm³/mol. The summed E-state index contributed by atoms with van der Waals surface area (Å²) in [5, 5.41) is 6.24. The lowest BCUT2D eigenvalue weighted by Crippen LogP contribution is -2.20. The first-order valence-corrected chi connectivity index (χ1v) is 8.57. The van der Waals surface area contributed by atoms with E-state index in [4.69, 9.17) is 4.74 Å². The van der Waals surface area contributed by atoms with Crippen molar-refractivity contribution < 1.29 is 9.53 Å². The molecule has 5 heteroatoms. The Morgan fingerprint density at radius 2 is 1.92 bits per heavy atom. The summed E-state index contributed by atoms with van der Waals surface area (Å²) in [5.74, 6) is 0.437. The average molecular weight is 341 g/mol. The molecule has 0 unspecified atom stereocenters. The van der Waals surface area contributed by atoms with Crippen LogP contribution in [0.3, 0.4) is 0 Å².